The molecule has 2 atom stereocenters. The topological polar surface area (TPSA) is 55.8 Å². The van der Waals surface area contributed by atoms with Crippen molar-refractivity contribution in [3.63, 3.8) is 0 Å². The second-order valence-electron chi connectivity index (χ2n) is 2.79. The SMILES string of the molecule is C=CC(O)P(=O)(OCC)OCCCC. The van der Waals surface area contributed by atoms with Gasteiger partial charge in [-0.3, -0.25) is 4.57 Å². The molecule has 0 aromatic carbocycles. The van der Waals surface area contributed by atoms with Gasteiger partial charge in [0.15, 0.2) is 5.85 Å². The standard InChI is InChI=1S/C9H19O4P/c1-4-7-8-13-14(11,12-6-3)9(10)5-2/h5,9-10H,2,4,6-8H2,1,3H3. The van der Waals surface area contributed by atoms with Gasteiger partial charge in [-0.15, -0.1) is 0 Å². The van der Waals surface area contributed by atoms with E-state index in [1.54, 1.807) is 6.92 Å². The fourth-order valence-corrected chi connectivity index (χ4v) is 2.22. The Balaban J connectivity index is 4.24. The normalized spacial score (nSPS) is 17.4. The minimum absolute atomic E-state index is 0.244. The predicted molar refractivity (Wildman–Crippen MR) is 56.3 cm³/mol. The lowest BCUT2D eigenvalue weighted by Gasteiger charge is -2.20. The third-order valence-electron chi connectivity index (χ3n) is 1.61. The van der Waals surface area contributed by atoms with Gasteiger partial charge in [0.1, 0.15) is 0 Å². The molecule has 0 amide bonds. The average molecular weight is 222 g/mol. The van der Waals surface area contributed by atoms with E-state index in [0.717, 1.165) is 12.8 Å². The minimum atomic E-state index is -3.40. The number of hydrogen-bond donors (Lipinski definition) is 1. The molecule has 0 bridgehead atoms. The zero-order chi connectivity index (χ0) is 11.0. The molecular formula is C9H19O4P. The Morgan fingerprint density at radius 2 is 2.14 bits per heavy atom. The number of aliphatic hydroxyl groups excluding tert-OH is 1. The summed E-state index contributed by atoms with van der Waals surface area (Å²) in [4.78, 5) is 0. The van der Waals surface area contributed by atoms with Crippen molar-refractivity contribution in [2.45, 2.75) is 32.5 Å². The third-order valence-corrected chi connectivity index (χ3v) is 3.63. The highest BCUT2D eigenvalue weighted by molar-refractivity contribution is 7.54. The third kappa shape index (κ3) is 4.38. The molecule has 84 valence electrons. The Morgan fingerprint density at radius 1 is 1.50 bits per heavy atom. The van der Waals surface area contributed by atoms with Crippen LogP contribution in [0, 0.1) is 0 Å². The fourth-order valence-electron chi connectivity index (χ4n) is 0.835. The maximum Gasteiger partial charge on any atom is 0.362 e. The van der Waals surface area contributed by atoms with Gasteiger partial charge in [0.05, 0.1) is 13.2 Å². The van der Waals surface area contributed by atoms with E-state index in [4.69, 9.17) is 9.05 Å². The first-order chi connectivity index (χ1) is 6.60. The van der Waals surface area contributed by atoms with Crippen LogP contribution in [0.15, 0.2) is 12.7 Å². The maximum absolute atomic E-state index is 11.9. The van der Waals surface area contributed by atoms with Crippen LogP contribution in [0.3, 0.4) is 0 Å². The van der Waals surface area contributed by atoms with Crippen molar-refractivity contribution in [3.05, 3.63) is 12.7 Å². The van der Waals surface area contributed by atoms with E-state index in [0.29, 0.717) is 6.61 Å². The molecule has 0 fully saturated rings. The maximum atomic E-state index is 11.9. The van der Waals surface area contributed by atoms with Gasteiger partial charge < -0.3 is 14.2 Å². The van der Waals surface area contributed by atoms with Crippen LogP contribution in [0.4, 0.5) is 0 Å². The van der Waals surface area contributed by atoms with Crippen LogP contribution < -0.4 is 0 Å². The molecular weight excluding hydrogens is 203 g/mol. The van der Waals surface area contributed by atoms with Crippen LogP contribution in [0.1, 0.15) is 26.7 Å². The number of hydrogen-bond acceptors (Lipinski definition) is 4. The summed E-state index contributed by atoms with van der Waals surface area (Å²) in [6, 6.07) is 0. The smallest absolute Gasteiger partial charge is 0.362 e. The molecule has 0 saturated carbocycles. The van der Waals surface area contributed by atoms with Gasteiger partial charge in [-0.25, -0.2) is 0 Å². The lowest BCUT2D eigenvalue weighted by molar-refractivity contribution is 0.162. The van der Waals surface area contributed by atoms with Crippen LogP contribution in [0.2, 0.25) is 0 Å². The fraction of sp³-hybridized carbons (Fsp3) is 0.778. The first-order valence-corrected chi connectivity index (χ1v) is 6.41. The highest BCUT2D eigenvalue weighted by atomic mass is 31.2. The highest BCUT2D eigenvalue weighted by Crippen LogP contribution is 2.52. The minimum Gasteiger partial charge on any atom is -0.377 e. The van der Waals surface area contributed by atoms with Gasteiger partial charge in [0.25, 0.3) is 0 Å². The zero-order valence-corrected chi connectivity index (χ0v) is 9.70. The quantitative estimate of drug-likeness (QED) is 0.389. The largest absolute Gasteiger partial charge is 0.377 e. The van der Waals surface area contributed by atoms with Crippen molar-refractivity contribution in [2.75, 3.05) is 13.2 Å². The van der Waals surface area contributed by atoms with Crippen molar-refractivity contribution in [3.8, 4) is 0 Å². The Bertz CT molecular complexity index is 205. The summed E-state index contributed by atoms with van der Waals surface area (Å²) >= 11 is 0. The van der Waals surface area contributed by atoms with E-state index in [9.17, 15) is 9.67 Å². The molecule has 1 N–H and O–H groups in total. The second-order valence-corrected chi connectivity index (χ2v) is 4.92. The summed E-state index contributed by atoms with van der Waals surface area (Å²) in [5.41, 5.74) is 0. The van der Waals surface area contributed by atoms with Gasteiger partial charge in [-0.05, 0) is 13.3 Å². The molecule has 5 heteroatoms. The van der Waals surface area contributed by atoms with Crippen LogP contribution in [-0.4, -0.2) is 24.2 Å². The summed E-state index contributed by atoms with van der Waals surface area (Å²) in [6.45, 7) is 7.63. The molecule has 0 rings (SSSR count). The van der Waals surface area contributed by atoms with Crippen LogP contribution in [-0.2, 0) is 13.6 Å². The monoisotopic (exact) mass is 222 g/mol. The van der Waals surface area contributed by atoms with E-state index >= 15 is 0 Å². The van der Waals surface area contributed by atoms with Gasteiger partial charge in [-0.1, -0.05) is 26.0 Å². The van der Waals surface area contributed by atoms with Crippen molar-refractivity contribution in [1.82, 2.24) is 0 Å². The molecule has 0 saturated heterocycles. The molecule has 4 nitrogen and oxygen atoms in total. The molecule has 0 aliphatic carbocycles. The zero-order valence-electron chi connectivity index (χ0n) is 8.81. The van der Waals surface area contributed by atoms with E-state index in [2.05, 4.69) is 6.58 Å². The van der Waals surface area contributed by atoms with Gasteiger partial charge in [-0.2, -0.15) is 0 Å². The molecule has 14 heavy (non-hydrogen) atoms. The van der Waals surface area contributed by atoms with Crippen LogP contribution in [0.5, 0.6) is 0 Å². The molecule has 0 aliphatic rings. The summed E-state index contributed by atoms with van der Waals surface area (Å²) in [7, 11) is -3.40. The second kappa shape index (κ2) is 7.18. The highest BCUT2D eigenvalue weighted by Gasteiger charge is 2.31. The van der Waals surface area contributed by atoms with Gasteiger partial charge in [0, 0.05) is 0 Å². The van der Waals surface area contributed by atoms with Gasteiger partial charge in [0.2, 0.25) is 0 Å². The van der Waals surface area contributed by atoms with Crippen molar-refractivity contribution in [1.29, 1.82) is 0 Å². The summed E-state index contributed by atoms with van der Waals surface area (Å²) < 4.78 is 21.9. The first kappa shape index (κ1) is 13.8. The summed E-state index contributed by atoms with van der Waals surface area (Å²) in [6.07, 6.45) is 2.90. The molecule has 0 aromatic heterocycles. The Kier molecular flexibility index (Phi) is 7.11. The number of unbranched alkanes of at least 4 members (excludes halogenated alkanes) is 1. The Labute approximate surface area is 85.5 Å². The van der Waals surface area contributed by atoms with Crippen molar-refractivity contribution in [2.24, 2.45) is 0 Å². The van der Waals surface area contributed by atoms with Crippen molar-refractivity contribution < 1.29 is 18.7 Å². The van der Waals surface area contributed by atoms with Crippen LogP contribution in [0.25, 0.3) is 0 Å². The molecule has 0 spiro atoms. The number of aliphatic hydroxyl groups is 1. The molecule has 2 unspecified atom stereocenters. The first-order valence-electron chi connectivity index (χ1n) is 4.80. The van der Waals surface area contributed by atoms with E-state index in [-0.39, 0.29) is 6.61 Å². The van der Waals surface area contributed by atoms with E-state index < -0.39 is 13.4 Å². The van der Waals surface area contributed by atoms with E-state index in [1.807, 2.05) is 6.92 Å². The molecule has 0 aliphatic heterocycles. The average Bonchev–Trinajstić information content (AvgIpc) is 2.17. The van der Waals surface area contributed by atoms with E-state index in [1.165, 1.54) is 6.08 Å². The lowest BCUT2D eigenvalue weighted by Crippen LogP contribution is -2.10. The summed E-state index contributed by atoms with van der Waals surface area (Å²) in [5.74, 6) is -1.24. The number of rotatable bonds is 8. The Morgan fingerprint density at radius 3 is 2.57 bits per heavy atom. The summed E-state index contributed by atoms with van der Waals surface area (Å²) in [5, 5.41) is 9.38. The Hall–Kier alpha value is -0.150. The van der Waals surface area contributed by atoms with Gasteiger partial charge >= 0.3 is 7.60 Å². The molecule has 0 heterocycles. The predicted octanol–water partition coefficient (Wildman–Crippen LogP) is 2.54. The molecule has 0 aromatic rings. The van der Waals surface area contributed by atoms with Crippen LogP contribution >= 0.6 is 7.60 Å². The van der Waals surface area contributed by atoms with Crippen molar-refractivity contribution >= 4 is 7.60 Å². The molecule has 0 radical (unpaired) electrons. The lowest BCUT2D eigenvalue weighted by atomic mass is 10.4.